The molecule has 1 aromatic heterocycles. The van der Waals surface area contributed by atoms with Gasteiger partial charge in [0.15, 0.2) is 0 Å². The number of piperidine rings is 1. The highest BCUT2D eigenvalue weighted by atomic mass is 19.1. The van der Waals surface area contributed by atoms with Gasteiger partial charge in [0.1, 0.15) is 23.9 Å². The average Bonchev–Trinajstić information content (AvgIpc) is 2.96. The number of pyridine rings is 1. The van der Waals surface area contributed by atoms with Crippen LogP contribution in [-0.2, 0) is 17.8 Å². The number of rotatable bonds is 6. The Balaban J connectivity index is 1.22. The predicted octanol–water partition coefficient (Wildman–Crippen LogP) is 5.91. The van der Waals surface area contributed by atoms with Gasteiger partial charge >= 0.3 is 0 Å². The number of aryl methyl sites for hydroxylation is 1. The monoisotopic (exact) mass is 545 g/mol. The Labute approximate surface area is 237 Å². The lowest BCUT2D eigenvalue weighted by Gasteiger charge is -2.45. The zero-order chi connectivity index (χ0) is 27.6. The minimum absolute atomic E-state index is 0.109. The molecule has 212 valence electrons. The molecular formula is C33H40FN3O3. The van der Waals surface area contributed by atoms with Gasteiger partial charge in [0, 0.05) is 51.2 Å². The van der Waals surface area contributed by atoms with E-state index in [2.05, 4.69) is 46.3 Å². The highest BCUT2D eigenvalue weighted by Gasteiger charge is 2.37. The predicted molar refractivity (Wildman–Crippen MR) is 154 cm³/mol. The molecule has 3 aromatic rings. The number of aromatic nitrogens is 1. The maximum absolute atomic E-state index is 13.4. The first-order valence-corrected chi connectivity index (χ1v) is 14.6. The van der Waals surface area contributed by atoms with Crippen molar-refractivity contribution in [3.05, 3.63) is 90.0 Å². The van der Waals surface area contributed by atoms with Gasteiger partial charge in [-0.1, -0.05) is 30.7 Å². The molecule has 6 nitrogen and oxygen atoms in total. The van der Waals surface area contributed by atoms with Gasteiger partial charge < -0.3 is 14.4 Å². The van der Waals surface area contributed by atoms with E-state index in [1.165, 1.54) is 23.3 Å². The third kappa shape index (κ3) is 7.81. The van der Waals surface area contributed by atoms with Crippen molar-refractivity contribution in [1.29, 1.82) is 0 Å². The molecule has 1 amide bonds. The SMILES string of the molecule is O=C(CCOc1cccc(F)c1)N1CCC2(CCCCc3ccccc3OCCN(Cc3ccncc3)C2)CC1. The zero-order valence-electron chi connectivity index (χ0n) is 23.3. The van der Waals surface area contributed by atoms with Crippen LogP contribution in [-0.4, -0.2) is 60.1 Å². The maximum Gasteiger partial charge on any atom is 0.225 e. The number of para-hydroxylation sites is 1. The first kappa shape index (κ1) is 28.1. The standard InChI is InChI=1S/C33H40FN3O3/c34-29-8-5-9-30(24-29)39-22-13-32(38)37-19-15-33(16-20-37)14-4-3-7-28-6-1-2-10-31(28)40-23-21-36(26-33)25-27-11-17-35-18-12-27/h1-2,5-6,8-12,17-18,24H,3-4,7,13-16,19-23,25-26H2. The molecule has 0 atom stereocenters. The van der Waals surface area contributed by atoms with Gasteiger partial charge in [-0.25, -0.2) is 4.39 Å². The Morgan fingerprint density at radius 1 is 0.975 bits per heavy atom. The highest BCUT2D eigenvalue weighted by molar-refractivity contribution is 5.76. The van der Waals surface area contributed by atoms with Crippen LogP contribution in [0, 0.1) is 11.2 Å². The second-order valence-corrected chi connectivity index (χ2v) is 11.2. The van der Waals surface area contributed by atoms with Crippen molar-refractivity contribution in [2.24, 2.45) is 5.41 Å². The van der Waals surface area contributed by atoms with E-state index in [1.54, 1.807) is 12.1 Å². The first-order valence-electron chi connectivity index (χ1n) is 14.6. The summed E-state index contributed by atoms with van der Waals surface area (Å²) < 4.78 is 25.3. The summed E-state index contributed by atoms with van der Waals surface area (Å²) in [5.41, 5.74) is 2.71. The van der Waals surface area contributed by atoms with Gasteiger partial charge in [-0.3, -0.25) is 14.7 Å². The summed E-state index contributed by atoms with van der Waals surface area (Å²) in [7, 11) is 0. The van der Waals surface area contributed by atoms with Crippen LogP contribution in [0.15, 0.2) is 73.1 Å². The van der Waals surface area contributed by atoms with Gasteiger partial charge in [0.05, 0.1) is 13.0 Å². The number of nitrogens with zero attached hydrogens (tertiary/aromatic N) is 3. The van der Waals surface area contributed by atoms with Crippen molar-refractivity contribution >= 4 is 5.91 Å². The first-order chi connectivity index (χ1) is 19.6. The van der Waals surface area contributed by atoms with Crippen LogP contribution in [0.5, 0.6) is 11.5 Å². The van der Waals surface area contributed by atoms with Crippen LogP contribution in [0.25, 0.3) is 0 Å². The quantitative estimate of drug-likeness (QED) is 0.386. The Kier molecular flexibility index (Phi) is 9.66. The van der Waals surface area contributed by atoms with Crippen LogP contribution in [0.3, 0.4) is 0 Å². The summed E-state index contributed by atoms with van der Waals surface area (Å²) in [5.74, 6) is 1.24. The number of likely N-dealkylation sites (tertiary alicyclic amines) is 1. The van der Waals surface area contributed by atoms with Crippen molar-refractivity contribution < 1.29 is 18.7 Å². The molecule has 1 fully saturated rings. The van der Waals surface area contributed by atoms with E-state index >= 15 is 0 Å². The van der Waals surface area contributed by atoms with Crippen molar-refractivity contribution in [2.75, 3.05) is 39.4 Å². The fourth-order valence-electron chi connectivity index (χ4n) is 6.07. The molecule has 2 aliphatic heterocycles. The molecule has 0 aliphatic carbocycles. The van der Waals surface area contributed by atoms with E-state index in [9.17, 15) is 9.18 Å². The molecule has 0 saturated carbocycles. The van der Waals surface area contributed by atoms with Crippen LogP contribution in [0.2, 0.25) is 0 Å². The molecule has 7 heteroatoms. The van der Waals surface area contributed by atoms with Gasteiger partial charge in [0.25, 0.3) is 0 Å². The van der Waals surface area contributed by atoms with Gasteiger partial charge in [-0.15, -0.1) is 0 Å². The van der Waals surface area contributed by atoms with Crippen molar-refractivity contribution in [3.63, 3.8) is 0 Å². The zero-order valence-corrected chi connectivity index (χ0v) is 23.3. The van der Waals surface area contributed by atoms with Crippen LogP contribution >= 0.6 is 0 Å². The molecule has 1 saturated heterocycles. The fourth-order valence-corrected chi connectivity index (χ4v) is 6.07. The van der Waals surface area contributed by atoms with Crippen molar-refractivity contribution in [2.45, 2.75) is 51.5 Å². The number of amides is 1. The Bertz CT molecular complexity index is 1230. The number of ether oxygens (including phenoxy) is 2. The van der Waals surface area contributed by atoms with Gasteiger partial charge in [-0.2, -0.15) is 0 Å². The van der Waals surface area contributed by atoms with E-state index in [1.807, 2.05) is 17.3 Å². The van der Waals surface area contributed by atoms with Crippen molar-refractivity contribution in [3.8, 4) is 11.5 Å². The number of fused-ring (bicyclic) bond motifs is 1. The average molecular weight is 546 g/mol. The molecule has 0 unspecified atom stereocenters. The summed E-state index contributed by atoms with van der Waals surface area (Å²) in [6, 6.07) is 18.7. The van der Waals surface area contributed by atoms with E-state index in [-0.39, 0.29) is 23.7 Å². The Morgan fingerprint density at radius 3 is 2.62 bits per heavy atom. The molecule has 40 heavy (non-hydrogen) atoms. The van der Waals surface area contributed by atoms with E-state index in [0.717, 1.165) is 77.0 Å². The molecule has 1 spiro atoms. The third-order valence-electron chi connectivity index (χ3n) is 8.31. The molecule has 0 radical (unpaired) electrons. The molecule has 0 N–H and O–H groups in total. The number of halogens is 1. The van der Waals surface area contributed by atoms with E-state index in [4.69, 9.17) is 9.47 Å². The van der Waals surface area contributed by atoms with Gasteiger partial charge in [-0.05, 0) is 79.0 Å². The number of carbonyl (C=O) groups is 1. The topological polar surface area (TPSA) is 54.9 Å². The second-order valence-electron chi connectivity index (χ2n) is 11.2. The minimum Gasteiger partial charge on any atom is -0.493 e. The van der Waals surface area contributed by atoms with Crippen molar-refractivity contribution in [1.82, 2.24) is 14.8 Å². The minimum atomic E-state index is -0.337. The highest BCUT2D eigenvalue weighted by Crippen LogP contribution is 2.39. The fraction of sp³-hybridized carbons (Fsp3) is 0.455. The van der Waals surface area contributed by atoms with E-state index in [0.29, 0.717) is 18.8 Å². The summed E-state index contributed by atoms with van der Waals surface area (Å²) in [4.78, 5) is 21.7. The van der Waals surface area contributed by atoms with Crippen LogP contribution in [0.4, 0.5) is 4.39 Å². The van der Waals surface area contributed by atoms with Gasteiger partial charge in [0.2, 0.25) is 5.91 Å². The number of hydrogen-bond donors (Lipinski definition) is 0. The largest absolute Gasteiger partial charge is 0.493 e. The summed E-state index contributed by atoms with van der Waals surface area (Å²) >= 11 is 0. The normalized spacial score (nSPS) is 18.2. The Morgan fingerprint density at radius 2 is 1.80 bits per heavy atom. The molecule has 2 aliphatic rings. The number of hydrogen-bond acceptors (Lipinski definition) is 5. The summed E-state index contributed by atoms with van der Waals surface area (Å²) in [6.07, 6.45) is 10.5. The smallest absolute Gasteiger partial charge is 0.225 e. The lowest BCUT2D eigenvalue weighted by atomic mass is 9.73. The maximum atomic E-state index is 13.4. The van der Waals surface area contributed by atoms with E-state index < -0.39 is 0 Å². The van der Waals surface area contributed by atoms with Crippen LogP contribution < -0.4 is 9.47 Å². The molecule has 2 aromatic carbocycles. The molecule has 0 bridgehead atoms. The lowest BCUT2D eigenvalue weighted by Crippen LogP contribution is -2.48. The summed E-state index contributed by atoms with van der Waals surface area (Å²) in [6.45, 7) is 5.13. The molecule has 3 heterocycles. The second kappa shape index (κ2) is 13.8. The molecule has 5 rings (SSSR count). The lowest BCUT2D eigenvalue weighted by molar-refractivity contribution is -0.134. The number of carbonyl (C=O) groups excluding carboxylic acids is 1. The molecular weight excluding hydrogens is 505 g/mol. The van der Waals surface area contributed by atoms with Crippen LogP contribution in [0.1, 0.15) is 49.7 Å². The number of benzene rings is 2. The third-order valence-corrected chi connectivity index (χ3v) is 8.31. The Hall–Kier alpha value is -3.45. The summed E-state index contributed by atoms with van der Waals surface area (Å²) in [5, 5.41) is 0.